The van der Waals surface area contributed by atoms with E-state index in [0.717, 1.165) is 25.9 Å². The number of carbonyl (C=O) groups is 2. The molecule has 0 aliphatic carbocycles. The lowest BCUT2D eigenvalue weighted by atomic mass is 9.85. The number of fused-ring (bicyclic) bond motifs is 1. The van der Waals surface area contributed by atoms with Gasteiger partial charge in [-0.1, -0.05) is 25.1 Å². The number of aromatic amines is 1. The summed E-state index contributed by atoms with van der Waals surface area (Å²) in [7, 11) is 0. The first-order valence-electron chi connectivity index (χ1n) is 9.12. The van der Waals surface area contributed by atoms with Gasteiger partial charge in [-0.2, -0.15) is 4.98 Å². The molecule has 136 valence electrons. The molecule has 2 amide bonds. The number of nitrogens with one attached hydrogen (secondary N) is 1. The molecule has 26 heavy (non-hydrogen) atoms. The van der Waals surface area contributed by atoms with Crippen molar-refractivity contribution >= 4 is 22.7 Å². The third-order valence-electron chi connectivity index (χ3n) is 5.58. The SMILES string of the molecule is CCCN1CCC2(CCN(C(=O)c3nc(=O)[nH]c4ccccc34)C2)C1=O. The van der Waals surface area contributed by atoms with Gasteiger partial charge in [0.25, 0.3) is 5.91 Å². The minimum atomic E-state index is -0.535. The largest absolute Gasteiger partial charge is 0.346 e. The lowest BCUT2D eigenvalue weighted by Gasteiger charge is -2.23. The second-order valence-corrected chi connectivity index (χ2v) is 7.24. The molecular weight excluding hydrogens is 332 g/mol. The Bertz CT molecular complexity index is 938. The normalized spacial score (nSPS) is 22.7. The van der Waals surface area contributed by atoms with Crippen molar-refractivity contribution in [2.75, 3.05) is 26.2 Å². The highest BCUT2D eigenvalue weighted by atomic mass is 16.2. The van der Waals surface area contributed by atoms with Gasteiger partial charge in [-0.25, -0.2) is 4.79 Å². The van der Waals surface area contributed by atoms with Crippen LogP contribution in [0, 0.1) is 5.41 Å². The fraction of sp³-hybridized carbons (Fsp3) is 0.474. The van der Waals surface area contributed by atoms with Crippen LogP contribution in [0.1, 0.15) is 36.7 Å². The molecular formula is C19H22N4O3. The number of aromatic nitrogens is 2. The Balaban J connectivity index is 1.62. The topological polar surface area (TPSA) is 86.4 Å². The minimum absolute atomic E-state index is 0.164. The molecule has 0 radical (unpaired) electrons. The van der Waals surface area contributed by atoms with Gasteiger partial charge in [-0.15, -0.1) is 0 Å². The number of H-pyrrole nitrogens is 1. The highest BCUT2D eigenvalue weighted by Crippen LogP contribution is 2.41. The van der Waals surface area contributed by atoms with Crippen LogP contribution in [-0.4, -0.2) is 57.8 Å². The van der Waals surface area contributed by atoms with E-state index in [2.05, 4.69) is 16.9 Å². The summed E-state index contributed by atoms with van der Waals surface area (Å²) in [5.74, 6) is -0.107. The Kier molecular flexibility index (Phi) is 4.01. The van der Waals surface area contributed by atoms with Crippen LogP contribution in [0.5, 0.6) is 0 Å². The molecule has 2 aromatic rings. The van der Waals surface area contributed by atoms with Gasteiger partial charge in [0.05, 0.1) is 10.9 Å². The molecule has 1 spiro atoms. The standard InChI is InChI=1S/C19H22N4O3/c1-2-9-22-10-7-19(17(22)25)8-11-23(12-19)16(24)15-13-5-3-4-6-14(13)20-18(26)21-15/h3-6H,2,7-12H2,1H3,(H,20,21,26). The number of benzene rings is 1. The molecule has 2 fully saturated rings. The second kappa shape index (κ2) is 6.23. The Labute approximate surface area is 151 Å². The number of nitrogens with zero attached hydrogens (tertiary/aromatic N) is 3. The average Bonchev–Trinajstić information content (AvgIpc) is 3.20. The highest BCUT2D eigenvalue weighted by molar-refractivity contribution is 6.04. The lowest BCUT2D eigenvalue weighted by molar-refractivity contribution is -0.135. The van der Waals surface area contributed by atoms with Crippen molar-refractivity contribution in [1.29, 1.82) is 0 Å². The van der Waals surface area contributed by atoms with Crippen LogP contribution < -0.4 is 5.69 Å². The second-order valence-electron chi connectivity index (χ2n) is 7.24. The zero-order valence-corrected chi connectivity index (χ0v) is 14.8. The zero-order chi connectivity index (χ0) is 18.3. The van der Waals surface area contributed by atoms with E-state index < -0.39 is 11.1 Å². The summed E-state index contributed by atoms with van der Waals surface area (Å²) in [6.07, 6.45) is 2.41. The molecule has 2 aliphatic heterocycles. The van der Waals surface area contributed by atoms with Crippen molar-refractivity contribution in [3.8, 4) is 0 Å². The van der Waals surface area contributed by atoms with Gasteiger partial charge in [-0.3, -0.25) is 9.59 Å². The van der Waals surface area contributed by atoms with Gasteiger partial charge < -0.3 is 14.8 Å². The van der Waals surface area contributed by atoms with Gasteiger partial charge in [0.2, 0.25) is 5.91 Å². The highest BCUT2D eigenvalue weighted by Gasteiger charge is 2.51. The third-order valence-corrected chi connectivity index (χ3v) is 5.58. The summed E-state index contributed by atoms with van der Waals surface area (Å²) >= 11 is 0. The fourth-order valence-electron chi connectivity index (χ4n) is 4.22. The summed E-state index contributed by atoms with van der Waals surface area (Å²) in [5.41, 5.74) is -0.234. The van der Waals surface area contributed by atoms with Crippen LogP contribution in [0.3, 0.4) is 0 Å². The smallest absolute Gasteiger partial charge is 0.342 e. The summed E-state index contributed by atoms with van der Waals surface area (Å²) in [6, 6.07) is 7.15. The van der Waals surface area contributed by atoms with Gasteiger partial charge >= 0.3 is 5.69 Å². The number of carbonyl (C=O) groups excluding carboxylic acids is 2. The molecule has 3 heterocycles. The molecule has 1 unspecified atom stereocenters. The summed E-state index contributed by atoms with van der Waals surface area (Å²) in [6.45, 7) is 4.53. The minimum Gasteiger partial charge on any atom is -0.342 e. The van der Waals surface area contributed by atoms with Crippen LogP contribution in [0.2, 0.25) is 0 Å². The van der Waals surface area contributed by atoms with E-state index in [9.17, 15) is 14.4 Å². The maximum atomic E-state index is 13.1. The first kappa shape index (κ1) is 16.8. The number of para-hydroxylation sites is 1. The molecule has 7 heteroatoms. The summed E-state index contributed by atoms with van der Waals surface area (Å²) in [4.78, 5) is 47.9. The van der Waals surface area contributed by atoms with E-state index in [1.165, 1.54) is 0 Å². The fourth-order valence-corrected chi connectivity index (χ4v) is 4.22. The summed E-state index contributed by atoms with van der Waals surface area (Å²) < 4.78 is 0. The predicted octanol–water partition coefficient (Wildman–Crippen LogP) is 1.40. The molecule has 1 N–H and O–H groups in total. The Morgan fingerprint density at radius 1 is 1.23 bits per heavy atom. The maximum Gasteiger partial charge on any atom is 0.346 e. The van der Waals surface area contributed by atoms with Crippen molar-refractivity contribution in [1.82, 2.24) is 19.8 Å². The van der Waals surface area contributed by atoms with Crippen molar-refractivity contribution in [2.24, 2.45) is 5.41 Å². The zero-order valence-electron chi connectivity index (χ0n) is 14.8. The number of rotatable bonds is 3. The quantitative estimate of drug-likeness (QED) is 0.903. The van der Waals surface area contributed by atoms with E-state index in [0.29, 0.717) is 30.4 Å². The van der Waals surface area contributed by atoms with E-state index in [1.807, 2.05) is 11.0 Å². The molecule has 4 rings (SSSR count). The number of amides is 2. The Morgan fingerprint density at radius 2 is 2.00 bits per heavy atom. The van der Waals surface area contributed by atoms with Gasteiger partial charge in [0.15, 0.2) is 0 Å². The Hall–Kier alpha value is -2.70. The van der Waals surface area contributed by atoms with Crippen LogP contribution in [0.15, 0.2) is 29.1 Å². The van der Waals surface area contributed by atoms with E-state index in [1.54, 1.807) is 23.1 Å². The maximum absolute atomic E-state index is 13.1. The number of likely N-dealkylation sites (tertiary alicyclic amines) is 2. The van der Waals surface area contributed by atoms with Crippen molar-refractivity contribution < 1.29 is 9.59 Å². The first-order valence-corrected chi connectivity index (χ1v) is 9.12. The molecule has 1 atom stereocenters. The van der Waals surface area contributed by atoms with Crippen molar-refractivity contribution in [2.45, 2.75) is 26.2 Å². The predicted molar refractivity (Wildman–Crippen MR) is 96.8 cm³/mol. The van der Waals surface area contributed by atoms with Crippen LogP contribution >= 0.6 is 0 Å². The van der Waals surface area contributed by atoms with E-state index in [-0.39, 0.29) is 17.5 Å². The number of hydrogen-bond acceptors (Lipinski definition) is 4. The molecule has 0 bridgehead atoms. The first-order chi connectivity index (χ1) is 12.5. The molecule has 0 saturated carbocycles. The molecule has 1 aromatic heterocycles. The summed E-state index contributed by atoms with van der Waals surface area (Å²) in [5, 5.41) is 0.628. The van der Waals surface area contributed by atoms with Crippen molar-refractivity contribution in [3.05, 3.63) is 40.4 Å². The van der Waals surface area contributed by atoms with Crippen LogP contribution in [0.25, 0.3) is 10.9 Å². The van der Waals surface area contributed by atoms with Crippen LogP contribution in [0.4, 0.5) is 0 Å². The molecule has 2 aliphatic rings. The van der Waals surface area contributed by atoms with Gasteiger partial charge in [-0.05, 0) is 25.3 Å². The Morgan fingerprint density at radius 3 is 2.81 bits per heavy atom. The van der Waals surface area contributed by atoms with Crippen LogP contribution in [-0.2, 0) is 4.79 Å². The van der Waals surface area contributed by atoms with Crippen molar-refractivity contribution in [3.63, 3.8) is 0 Å². The average molecular weight is 354 g/mol. The van der Waals surface area contributed by atoms with Gasteiger partial charge in [0, 0.05) is 31.6 Å². The monoisotopic (exact) mass is 354 g/mol. The lowest BCUT2D eigenvalue weighted by Crippen LogP contribution is -2.39. The van der Waals surface area contributed by atoms with E-state index >= 15 is 0 Å². The molecule has 7 nitrogen and oxygen atoms in total. The number of hydrogen-bond donors (Lipinski definition) is 1. The molecule has 2 saturated heterocycles. The van der Waals surface area contributed by atoms with E-state index in [4.69, 9.17) is 0 Å². The molecule has 1 aromatic carbocycles. The van der Waals surface area contributed by atoms with Gasteiger partial charge in [0.1, 0.15) is 5.69 Å². The third kappa shape index (κ3) is 2.58.